The standard InChI is InChI=1S/C8H17ISi/c1-10(2,3)8-6-4-5-7-9/h4,6H,5,7-8H2,1-3H3/b6-4+. The Balaban J connectivity index is 3.34. The average Bonchev–Trinajstić information content (AvgIpc) is 1.78. The Morgan fingerprint density at radius 1 is 1.20 bits per heavy atom. The van der Waals surface area contributed by atoms with Gasteiger partial charge in [0.1, 0.15) is 0 Å². The van der Waals surface area contributed by atoms with Gasteiger partial charge in [0, 0.05) is 12.5 Å². The summed E-state index contributed by atoms with van der Waals surface area (Å²) in [7, 11) is -0.796. The zero-order valence-corrected chi connectivity index (χ0v) is 10.3. The highest BCUT2D eigenvalue weighted by Gasteiger charge is 2.08. The Morgan fingerprint density at radius 2 is 1.80 bits per heavy atom. The fourth-order valence-corrected chi connectivity index (χ4v) is 1.85. The van der Waals surface area contributed by atoms with E-state index in [1.165, 1.54) is 16.9 Å². The van der Waals surface area contributed by atoms with E-state index in [0.29, 0.717) is 0 Å². The first-order valence-electron chi connectivity index (χ1n) is 3.77. The van der Waals surface area contributed by atoms with Crippen molar-refractivity contribution in [3.8, 4) is 0 Å². The predicted molar refractivity (Wildman–Crippen MR) is 60.8 cm³/mol. The molecule has 0 aliphatic rings. The molecule has 0 spiro atoms. The van der Waals surface area contributed by atoms with E-state index in [4.69, 9.17) is 0 Å². The molecule has 0 aromatic carbocycles. The number of hydrogen-bond donors (Lipinski definition) is 0. The summed E-state index contributed by atoms with van der Waals surface area (Å²) in [5.41, 5.74) is 0. The largest absolute Gasteiger partial charge is 0.0912 e. The van der Waals surface area contributed by atoms with Crippen molar-refractivity contribution in [2.75, 3.05) is 4.43 Å². The highest BCUT2D eigenvalue weighted by atomic mass is 127. The van der Waals surface area contributed by atoms with E-state index in [1.54, 1.807) is 0 Å². The highest BCUT2D eigenvalue weighted by Crippen LogP contribution is 2.08. The monoisotopic (exact) mass is 268 g/mol. The third kappa shape index (κ3) is 8.69. The van der Waals surface area contributed by atoms with E-state index in [0.717, 1.165) is 0 Å². The minimum atomic E-state index is -0.796. The summed E-state index contributed by atoms with van der Waals surface area (Å²) in [6.45, 7) is 7.21. The molecule has 0 fully saturated rings. The van der Waals surface area contributed by atoms with Gasteiger partial charge in [0.05, 0.1) is 0 Å². The van der Waals surface area contributed by atoms with Gasteiger partial charge >= 0.3 is 0 Å². The minimum absolute atomic E-state index is 0.796. The zero-order chi connectivity index (χ0) is 8.04. The van der Waals surface area contributed by atoms with Crippen molar-refractivity contribution in [3.63, 3.8) is 0 Å². The van der Waals surface area contributed by atoms with E-state index in [1.807, 2.05) is 0 Å². The van der Waals surface area contributed by atoms with Crippen LogP contribution in [0, 0.1) is 0 Å². The lowest BCUT2D eigenvalue weighted by atomic mass is 10.4. The van der Waals surface area contributed by atoms with E-state index < -0.39 is 8.07 Å². The van der Waals surface area contributed by atoms with Crippen molar-refractivity contribution in [2.45, 2.75) is 32.1 Å². The molecule has 0 rings (SSSR count). The molecular weight excluding hydrogens is 251 g/mol. The molecule has 0 unspecified atom stereocenters. The lowest BCUT2D eigenvalue weighted by Crippen LogP contribution is -2.17. The molecule has 0 radical (unpaired) electrons. The third-order valence-electron chi connectivity index (χ3n) is 1.17. The van der Waals surface area contributed by atoms with Crippen LogP contribution in [-0.4, -0.2) is 12.5 Å². The van der Waals surface area contributed by atoms with Crippen LogP contribution < -0.4 is 0 Å². The molecule has 0 saturated heterocycles. The summed E-state index contributed by atoms with van der Waals surface area (Å²) >= 11 is 2.41. The van der Waals surface area contributed by atoms with Crippen LogP contribution in [0.3, 0.4) is 0 Å². The van der Waals surface area contributed by atoms with Crippen LogP contribution in [-0.2, 0) is 0 Å². The number of halogens is 1. The van der Waals surface area contributed by atoms with Crippen LogP contribution >= 0.6 is 22.6 Å². The van der Waals surface area contributed by atoms with Crippen molar-refractivity contribution in [1.82, 2.24) is 0 Å². The van der Waals surface area contributed by atoms with Gasteiger partial charge in [-0.2, -0.15) is 0 Å². The highest BCUT2D eigenvalue weighted by molar-refractivity contribution is 14.1. The van der Waals surface area contributed by atoms with Crippen molar-refractivity contribution >= 4 is 30.7 Å². The maximum atomic E-state index is 2.41. The molecule has 0 heterocycles. The van der Waals surface area contributed by atoms with Gasteiger partial charge in [0.25, 0.3) is 0 Å². The van der Waals surface area contributed by atoms with E-state index in [9.17, 15) is 0 Å². The molecule has 0 aromatic heterocycles. The molecule has 10 heavy (non-hydrogen) atoms. The summed E-state index contributed by atoms with van der Waals surface area (Å²) in [5, 5.41) is 0. The average molecular weight is 268 g/mol. The second-order valence-corrected chi connectivity index (χ2v) is 10.3. The number of alkyl halides is 1. The molecule has 0 saturated carbocycles. The van der Waals surface area contributed by atoms with Crippen LogP contribution in [0.4, 0.5) is 0 Å². The molecule has 0 aliphatic heterocycles. The van der Waals surface area contributed by atoms with E-state index in [-0.39, 0.29) is 0 Å². The molecule has 60 valence electrons. The maximum Gasteiger partial charge on any atom is 0.0480 e. The van der Waals surface area contributed by atoms with Crippen molar-refractivity contribution in [1.29, 1.82) is 0 Å². The Kier molecular flexibility index (Phi) is 5.72. The number of hydrogen-bond acceptors (Lipinski definition) is 0. The Morgan fingerprint density at radius 3 is 2.20 bits per heavy atom. The topological polar surface area (TPSA) is 0 Å². The zero-order valence-electron chi connectivity index (χ0n) is 7.15. The molecule has 0 atom stereocenters. The quantitative estimate of drug-likeness (QED) is 0.315. The van der Waals surface area contributed by atoms with Crippen LogP contribution in [0.5, 0.6) is 0 Å². The van der Waals surface area contributed by atoms with Gasteiger partial charge in [0.15, 0.2) is 0 Å². The normalized spacial score (nSPS) is 12.8. The third-order valence-corrected chi connectivity index (χ3v) is 3.26. The Hall–Kier alpha value is 0.687. The molecule has 0 nitrogen and oxygen atoms in total. The molecule has 0 bridgehead atoms. The lowest BCUT2D eigenvalue weighted by Gasteiger charge is -2.11. The summed E-state index contributed by atoms with van der Waals surface area (Å²) < 4.78 is 1.25. The first-order valence-corrected chi connectivity index (χ1v) is 9.00. The molecule has 0 amide bonds. The van der Waals surface area contributed by atoms with Crippen LogP contribution in [0.25, 0.3) is 0 Å². The van der Waals surface area contributed by atoms with Crippen LogP contribution in [0.1, 0.15) is 6.42 Å². The second-order valence-electron chi connectivity index (χ2n) is 3.71. The van der Waals surface area contributed by atoms with Gasteiger partial charge in [-0.25, -0.2) is 0 Å². The van der Waals surface area contributed by atoms with Crippen molar-refractivity contribution in [2.24, 2.45) is 0 Å². The molecule has 0 aliphatic carbocycles. The van der Waals surface area contributed by atoms with Crippen LogP contribution in [0.2, 0.25) is 25.7 Å². The van der Waals surface area contributed by atoms with Gasteiger partial charge in [-0.15, -0.1) is 0 Å². The molecule has 2 heteroatoms. The Bertz CT molecular complexity index is 102. The van der Waals surface area contributed by atoms with Gasteiger partial charge in [-0.3, -0.25) is 0 Å². The SMILES string of the molecule is C[Si](C)(C)C/C=C/CCI. The van der Waals surface area contributed by atoms with Crippen molar-refractivity contribution < 1.29 is 0 Å². The van der Waals surface area contributed by atoms with Gasteiger partial charge < -0.3 is 0 Å². The number of allylic oxidation sites excluding steroid dienone is 2. The molecule has 0 aromatic rings. The van der Waals surface area contributed by atoms with E-state index >= 15 is 0 Å². The van der Waals surface area contributed by atoms with Gasteiger partial charge in [-0.05, 0) is 12.5 Å². The van der Waals surface area contributed by atoms with Crippen LogP contribution in [0.15, 0.2) is 12.2 Å². The smallest absolute Gasteiger partial charge is 0.0480 e. The summed E-state index contributed by atoms with van der Waals surface area (Å²) in [5.74, 6) is 0. The second kappa shape index (κ2) is 5.35. The van der Waals surface area contributed by atoms with Gasteiger partial charge in [0.2, 0.25) is 0 Å². The molecular formula is C8H17ISi. The van der Waals surface area contributed by atoms with E-state index in [2.05, 4.69) is 54.4 Å². The summed E-state index contributed by atoms with van der Waals surface area (Å²) in [4.78, 5) is 0. The summed E-state index contributed by atoms with van der Waals surface area (Å²) in [6.07, 6.45) is 5.90. The lowest BCUT2D eigenvalue weighted by molar-refractivity contribution is 1.26. The molecule has 0 N–H and O–H groups in total. The minimum Gasteiger partial charge on any atom is -0.0912 e. The maximum absolute atomic E-state index is 2.41. The fraction of sp³-hybridized carbons (Fsp3) is 0.750. The first-order chi connectivity index (χ1) is 4.56. The van der Waals surface area contributed by atoms with Gasteiger partial charge in [-0.1, -0.05) is 54.4 Å². The Labute approximate surface area is 79.2 Å². The number of rotatable bonds is 4. The predicted octanol–water partition coefficient (Wildman–Crippen LogP) is 3.71. The fourth-order valence-electron chi connectivity index (χ4n) is 0.618. The summed E-state index contributed by atoms with van der Waals surface area (Å²) in [6, 6.07) is 1.34. The first kappa shape index (κ1) is 10.7. The van der Waals surface area contributed by atoms with Crippen molar-refractivity contribution in [3.05, 3.63) is 12.2 Å².